The van der Waals surface area contributed by atoms with Crippen LogP contribution in [0.1, 0.15) is 26.2 Å². The minimum absolute atomic E-state index is 0.0288. The molecule has 1 amide bonds. The molecule has 6 heteroatoms. The van der Waals surface area contributed by atoms with Gasteiger partial charge in [-0.05, 0) is 25.8 Å². The van der Waals surface area contributed by atoms with E-state index in [-0.39, 0.29) is 24.6 Å². The first-order valence-corrected chi connectivity index (χ1v) is 6.99. The van der Waals surface area contributed by atoms with Gasteiger partial charge in [0.25, 0.3) is 0 Å². The number of aliphatic carboxylic acids is 1. The number of ether oxygens (including phenoxy) is 1. The lowest BCUT2D eigenvalue weighted by molar-refractivity contribution is -0.145. The van der Waals surface area contributed by atoms with Crippen LogP contribution in [0.25, 0.3) is 0 Å². The Balaban J connectivity index is 2.09. The largest absolute Gasteiger partial charge is 0.481 e. The van der Waals surface area contributed by atoms with Gasteiger partial charge in [0.2, 0.25) is 5.91 Å². The van der Waals surface area contributed by atoms with Crippen molar-refractivity contribution in [3.8, 4) is 0 Å². The zero-order chi connectivity index (χ0) is 13.8. The second kappa shape index (κ2) is 6.34. The molecule has 2 rings (SSSR count). The summed E-state index contributed by atoms with van der Waals surface area (Å²) in [6.07, 6.45) is 2.66. The molecule has 0 radical (unpaired) electrons. The summed E-state index contributed by atoms with van der Waals surface area (Å²) in [4.78, 5) is 25.5. The van der Waals surface area contributed by atoms with Crippen LogP contribution in [0.2, 0.25) is 0 Å². The molecule has 2 saturated heterocycles. The number of carboxylic acids is 1. The van der Waals surface area contributed by atoms with Gasteiger partial charge in [-0.25, -0.2) is 0 Å². The summed E-state index contributed by atoms with van der Waals surface area (Å²) in [7, 11) is 0. The van der Waals surface area contributed by atoms with E-state index in [0.717, 1.165) is 25.8 Å². The van der Waals surface area contributed by atoms with Crippen molar-refractivity contribution in [2.24, 2.45) is 5.92 Å². The maximum absolute atomic E-state index is 12.5. The third-order valence-corrected chi connectivity index (χ3v) is 3.87. The van der Waals surface area contributed by atoms with Crippen molar-refractivity contribution in [3.05, 3.63) is 0 Å². The molecule has 108 valence electrons. The van der Waals surface area contributed by atoms with Gasteiger partial charge in [-0.2, -0.15) is 0 Å². The number of carbonyl (C=O) groups excluding carboxylic acids is 1. The van der Waals surface area contributed by atoms with Crippen LogP contribution in [-0.2, 0) is 14.3 Å². The van der Waals surface area contributed by atoms with Crippen LogP contribution in [0, 0.1) is 5.92 Å². The first kappa shape index (κ1) is 14.3. The zero-order valence-electron chi connectivity index (χ0n) is 11.3. The normalized spacial score (nSPS) is 30.5. The number of carbonyl (C=O) groups is 2. The first-order chi connectivity index (χ1) is 9.15. The number of nitrogens with zero attached hydrogens (tertiary/aromatic N) is 1. The van der Waals surface area contributed by atoms with Gasteiger partial charge in [0.15, 0.2) is 0 Å². The Bertz CT molecular complexity index is 342. The van der Waals surface area contributed by atoms with Crippen molar-refractivity contribution in [1.82, 2.24) is 10.2 Å². The molecular weight excluding hydrogens is 248 g/mol. The fourth-order valence-electron chi connectivity index (χ4n) is 2.86. The van der Waals surface area contributed by atoms with Crippen molar-refractivity contribution < 1.29 is 19.4 Å². The van der Waals surface area contributed by atoms with Crippen LogP contribution >= 0.6 is 0 Å². The molecule has 2 fully saturated rings. The molecule has 3 atom stereocenters. The molecule has 6 nitrogen and oxygen atoms in total. The van der Waals surface area contributed by atoms with E-state index in [4.69, 9.17) is 4.74 Å². The van der Waals surface area contributed by atoms with Gasteiger partial charge in [0, 0.05) is 6.54 Å². The summed E-state index contributed by atoms with van der Waals surface area (Å²) in [5.74, 6) is -1.45. The lowest BCUT2D eigenvalue weighted by Crippen LogP contribution is -2.52. The maximum Gasteiger partial charge on any atom is 0.311 e. The Morgan fingerprint density at radius 3 is 2.79 bits per heavy atom. The summed E-state index contributed by atoms with van der Waals surface area (Å²) in [6, 6.07) is -0.478. The molecule has 0 aliphatic carbocycles. The predicted molar refractivity (Wildman–Crippen MR) is 68.8 cm³/mol. The summed E-state index contributed by atoms with van der Waals surface area (Å²) in [5, 5.41) is 12.4. The molecule has 0 aromatic rings. The van der Waals surface area contributed by atoms with Gasteiger partial charge in [0.1, 0.15) is 5.92 Å². The lowest BCUT2D eigenvalue weighted by atomic mass is 10.0. The molecule has 2 N–H and O–H groups in total. The maximum atomic E-state index is 12.5. The monoisotopic (exact) mass is 270 g/mol. The Labute approximate surface area is 113 Å². The smallest absolute Gasteiger partial charge is 0.311 e. The van der Waals surface area contributed by atoms with Gasteiger partial charge in [-0.15, -0.1) is 0 Å². The molecule has 0 aromatic carbocycles. The van der Waals surface area contributed by atoms with Crippen LogP contribution in [0.3, 0.4) is 0 Å². The Hall–Kier alpha value is -1.14. The highest BCUT2D eigenvalue weighted by Crippen LogP contribution is 2.22. The van der Waals surface area contributed by atoms with Gasteiger partial charge in [-0.1, -0.05) is 6.92 Å². The van der Waals surface area contributed by atoms with Gasteiger partial charge >= 0.3 is 5.97 Å². The quantitative estimate of drug-likeness (QED) is 0.739. The molecule has 2 aliphatic heterocycles. The average Bonchev–Trinajstić information content (AvgIpc) is 3.05. The average molecular weight is 270 g/mol. The van der Waals surface area contributed by atoms with Crippen LogP contribution < -0.4 is 5.32 Å². The molecule has 2 heterocycles. The molecule has 2 aliphatic rings. The zero-order valence-corrected chi connectivity index (χ0v) is 11.3. The molecule has 0 bridgehead atoms. The van der Waals surface area contributed by atoms with Crippen LogP contribution in [0.15, 0.2) is 0 Å². The number of rotatable bonds is 5. The summed E-state index contributed by atoms with van der Waals surface area (Å²) in [5.41, 5.74) is 0. The van der Waals surface area contributed by atoms with Crippen molar-refractivity contribution in [2.75, 3.05) is 26.3 Å². The second-order valence-corrected chi connectivity index (χ2v) is 5.23. The summed E-state index contributed by atoms with van der Waals surface area (Å²) >= 11 is 0. The highest BCUT2D eigenvalue weighted by Gasteiger charge is 2.41. The van der Waals surface area contributed by atoms with E-state index in [9.17, 15) is 14.7 Å². The standard InChI is InChI=1S/C13H22N2O4/c1-2-6-15(12(16)10-4-3-5-14-10)11-8-19-7-9(11)13(17)18/h9-11,14H,2-8H2,1H3,(H,17,18)/t9?,10-,11?/m0/s1. The number of amides is 1. The van der Waals surface area contributed by atoms with E-state index >= 15 is 0 Å². The van der Waals surface area contributed by atoms with Gasteiger partial charge in [0.05, 0.1) is 25.3 Å². The van der Waals surface area contributed by atoms with Crippen molar-refractivity contribution in [2.45, 2.75) is 38.3 Å². The third kappa shape index (κ3) is 3.06. The molecule has 0 saturated carbocycles. The van der Waals surface area contributed by atoms with Crippen molar-refractivity contribution in [3.63, 3.8) is 0 Å². The summed E-state index contributed by atoms with van der Waals surface area (Å²) in [6.45, 7) is 3.98. The van der Waals surface area contributed by atoms with Gasteiger partial charge in [-0.3, -0.25) is 9.59 Å². The lowest BCUT2D eigenvalue weighted by Gasteiger charge is -2.32. The Morgan fingerprint density at radius 2 is 2.21 bits per heavy atom. The van der Waals surface area contributed by atoms with E-state index in [2.05, 4.69) is 5.32 Å². The second-order valence-electron chi connectivity index (χ2n) is 5.23. The molecule has 0 spiro atoms. The van der Waals surface area contributed by atoms with E-state index in [0.29, 0.717) is 13.2 Å². The Kier molecular flexibility index (Phi) is 4.76. The highest BCUT2D eigenvalue weighted by molar-refractivity contribution is 5.83. The minimum Gasteiger partial charge on any atom is -0.481 e. The van der Waals surface area contributed by atoms with E-state index < -0.39 is 11.9 Å². The SMILES string of the molecule is CCCN(C(=O)[C@@H]1CCCN1)C1COCC1C(=O)O. The Morgan fingerprint density at radius 1 is 1.42 bits per heavy atom. The fraction of sp³-hybridized carbons (Fsp3) is 0.846. The van der Waals surface area contributed by atoms with E-state index in [1.807, 2.05) is 6.92 Å². The number of hydrogen-bond donors (Lipinski definition) is 2. The van der Waals surface area contributed by atoms with Crippen molar-refractivity contribution in [1.29, 1.82) is 0 Å². The van der Waals surface area contributed by atoms with Crippen LogP contribution in [0.4, 0.5) is 0 Å². The third-order valence-electron chi connectivity index (χ3n) is 3.87. The number of hydrogen-bond acceptors (Lipinski definition) is 4. The highest BCUT2D eigenvalue weighted by atomic mass is 16.5. The van der Waals surface area contributed by atoms with Gasteiger partial charge < -0.3 is 20.1 Å². The fourth-order valence-corrected chi connectivity index (χ4v) is 2.86. The number of carboxylic acid groups (broad SMARTS) is 1. The minimum atomic E-state index is -0.879. The van der Waals surface area contributed by atoms with Crippen molar-refractivity contribution >= 4 is 11.9 Å². The molecular formula is C13H22N2O4. The molecule has 0 aromatic heterocycles. The van der Waals surface area contributed by atoms with E-state index in [1.54, 1.807) is 4.90 Å². The first-order valence-electron chi connectivity index (χ1n) is 6.99. The van der Waals surface area contributed by atoms with Crippen LogP contribution in [0.5, 0.6) is 0 Å². The topological polar surface area (TPSA) is 78.9 Å². The number of nitrogens with one attached hydrogen (secondary N) is 1. The van der Waals surface area contributed by atoms with Crippen LogP contribution in [-0.4, -0.2) is 60.3 Å². The molecule has 19 heavy (non-hydrogen) atoms. The molecule has 2 unspecified atom stereocenters. The van der Waals surface area contributed by atoms with E-state index in [1.165, 1.54) is 0 Å². The summed E-state index contributed by atoms with van der Waals surface area (Å²) < 4.78 is 5.28. The predicted octanol–water partition coefficient (Wildman–Crippen LogP) is 0.0766.